The number of guanidine groups is 1. The number of nitrogens with one attached hydrogen (secondary N) is 2. The molecule has 31 heavy (non-hydrogen) atoms. The van der Waals surface area contributed by atoms with Crippen LogP contribution in [0, 0.1) is 6.92 Å². The van der Waals surface area contributed by atoms with Gasteiger partial charge in [0.1, 0.15) is 0 Å². The number of methoxy groups -OCH3 is 1. The molecule has 0 spiro atoms. The zero-order valence-corrected chi connectivity index (χ0v) is 22.2. The molecular formula is C23H43IN6O. The number of aliphatic imine (C=N–C) groups is 1. The first-order valence-electron chi connectivity index (χ1n) is 11.3. The lowest BCUT2D eigenvalue weighted by Gasteiger charge is -2.36. The summed E-state index contributed by atoms with van der Waals surface area (Å²) < 4.78 is 5.10. The second-order valence-electron chi connectivity index (χ2n) is 8.10. The van der Waals surface area contributed by atoms with Crippen LogP contribution in [-0.4, -0.2) is 102 Å². The van der Waals surface area contributed by atoms with Crippen LogP contribution in [0.3, 0.4) is 0 Å². The number of benzene rings is 1. The van der Waals surface area contributed by atoms with Gasteiger partial charge < -0.3 is 25.2 Å². The number of piperazine rings is 1. The van der Waals surface area contributed by atoms with E-state index in [0.717, 1.165) is 84.3 Å². The smallest absolute Gasteiger partial charge is 0.191 e. The SMILES string of the molecule is CN=C(NCCCN1CCN(c2cccc(C)c2)CC1)NCCN(C)CCCOC.I. The molecule has 7 nitrogen and oxygen atoms in total. The highest BCUT2D eigenvalue weighted by atomic mass is 127. The van der Waals surface area contributed by atoms with E-state index in [1.165, 1.54) is 11.3 Å². The zero-order chi connectivity index (χ0) is 21.6. The fourth-order valence-corrected chi connectivity index (χ4v) is 3.74. The summed E-state index contributed by atoms with van der Waals surface area (Å²) in [6.07, 6.45) is 2.20. The maximum absolute atomic E-state index is 5.10. The van der Waals surface area contributed by atoms with Crippen molar-refractivity contribution >= 4 is 35.6 Å². The minimum Gasteiger partial charge on any atom is -0.385 e. The molecule has 2 N–H and O–H groups in total. The monoisotopic (exact) mass is 546 g/mol. The molecule has 0 radical (unpaired) electrons. The van der Waals surface area contributed by atoms with E-state index in [1.807, 2.05) is 7.05 Å². The molecule has 0 aromatic heterocycles. The molecule has 0 aliphatic carbocycles. The highest BCUT2D eigenvalue weighted by molar-refractivity contribution is 14.0. The summed E-state index contributed by atoms with van der Waals surface area (Å²) in [5.74, 6) is 0.893. The van der Waals surface area contributed by atoms with Gasteiger partial charge in [0.2, 0.25) is 0 Å². The number of ether oxygens (including phenoxy) is 1. The molecule has 2 rings (SSSR count). The van der Waals surface area contributed by atoms with Crippen LogP contribution >= 0.6 is 24.0 Å². The molecule has 0 amide bonds. The van der Waals surface area contributed by atoms with Crippen LogP contribution in [-0.2, 0) is 4.74 Å². The summed E-state index contributed by atoms with van der Waals surface area (Å²) in [6.45, 7) is 12.5. The van der Waals surface area contributed by atoms with Crippen molar-refractivity contribution in [2.45, 2.75) is 19.8 Å². The highest BCUT2D eigenvalue weighted by Crippen LogP contribution is 2.17. The molecule has 8 heteroatoms. The Bertz CT molecular complexity index is 622. The molecule has 0 saturated carbocycles. The zero-order valence-electron chi connectivity index (χ0n) is 19.9. The summed E-state index contributed by atoms with van der Waals surface area (Å²) in [5.41, 5.74) is 2.69. The highest BCUT2D eigenvalue weighted by Gasteiger charge is 2.16. The van der Waals surface area contributed by atoms with Crippen LogP contribution in [0.2, 0.25) is 0 Å². The maximum Gasteiger partial charge on any atom is 0.191 e. The van der Waals surface area contributed by atoms with Gasteiger partial charge in [0, 0.05) is 78.8 Å². The number of likely N-dealkylation sites (N-methyl/N-ethyl adjacent to an activating group) is 1. The second kappa shape index (κ2) is 16.5. The van der Waals surface area contributed by atoms with Gasteiger partial charge in [-0.3, -0.25) is 9.89 Å². The van der Waals surface area contributed by atoms with E-state index >= 15 is 0 Å². The summed E-state index contributed by atoms with van der Waals surface area (Å²) in [7, 11) is 5.73. The molecule has 178 valence electrons. The van der Waals surface area contributed by atoms with E-state index in [1.54, 1.807) is 7.11 Å². The van der Waals surface area contributed by atoms with Crippen molar-refractivity contribution in [1.29, 1.82) is 0 Å². The van der Waals surface area contributed by atoms with Gasteiger partial charge in [-0.25, -0.2) is 0 Å². The van der Waals surface area contributed by atoms with E-state index in [4.69, 9.17) is 4.74 Å². The predicted molar refractivity (Wildman–Crippen MR) is 143 cm³/mol. The minimum absolute atomic E-state index is 0. The second-order valence-corrected chi connectivity index (χ2v) is 8.10. The summed E-state index contributed by atoms with van der Waals surface area (Å²) in [6, 6.07) is 8.83. The quantitative estimate of drug-likeness (QED) is 0.182. The van der Waals surface area contributed by atoms with Gasteiger partial charge in [0.15, 0.2) is 5.96 Å². The van der Waals surface area contributed by atoms with Gasteiger partial charge in [0.05, 0.1) is 0 Å². The minimum atomic E-state index is 0. The molecule has 1 aliphatic rings. The molecule has 0 unspecified atom stereocenters. The Balaban J connectivity index is 0.00000480. The van der Waals surface area contributed by atoms with E-state index in [0.29, 0.717) is 0 Å². The maximum atomic E-state index is 5.10. The number of hydrogen-bond acceptors (Lipinski definition) is 5. The largest absolute Gasteiger partial charge is 0.385 e. The van der Waals surface area contributed by atoms with Crippen LogP contribution in [0.5, 0.6) is 0 Å². The number of anilines is 1. The van der Waals surface area contributed by atoms with E-state index in [-0.39, 0.29) is 24.0 Å². The van der Waals surface area contributed by atoms with Crippen LogP contribution in [0.4, 0.5) is 5.69 Å². The number of nitrogens with zero attached hydrogens (tertiary/aromatic N) is 4. The van der Waals surface area contributed by atoms with Gasteiger partial charge in [-0.1, -0.05) is 12.1 Å². The lowest BCUT2D eigenvalue weighted by molar-refractivity contribution is 0.180. The molecule has 1 heterocycles. The fraction of sp³-hybridized carbons (Fsp3) is 0.696. The van der Waals surface area contributed by atoms with E-state index in [9.17, 15) is 0 Å². The molecule has 0 bridgehead atoms. The van der Waals surface area contributed by atoms with Crippen molar-refractivity contribution in [3.8, 4) is 0 Å². The van der Waals surface area contributed by atoms with Crippen molar-refractivity contribution in [2.75, 3.05) is 91.6 Å². The van der Waals surface area contributed by atoms with Crippen molar-refractivity contribution in [3.05, 3.63) is 29.8 Å². The Kier molecular flexibility index (Phi) is 14.9. The van der Waals surface area contributed by atoms with Crippen LogP contribution in [0.15, 0.2) is 29.3 Å². The Morgan fingerprint density at radius 2 is 1.84 bits per heavy atom. The molecular weight excluding hydrogens is 503 g/mol. The Labute approximate surface area is 206 Å². The molecule has 1 aromatic rings. The first-order valence-corrected chi connectivity index (χ1v) is 11.3. The summed E-state index contributed by atoms with van der Waals surface area (Å²) in [4.78, 5) is 11.7. The van der Waals surface area contributed by atoms with Crippen LogP contribution in [0.1, 0.15) is 18.4 Å². The average Bonchev–Trinajstić information content (AvgIpc) is 2.76. The van der Waals surface area contributed by atoms with Crippen molar-refractivity contribution in [3.63, 3.8) is 0 Å². The van der Waals surface area contributed by atoms with Gasteiger partial charge in [-0.2, -0.15) is 0 Å². The predicted octanol–water partition coefficient (Wildman–Crippen LogP) is 2.26. The van der Waals surface area contributed by atoms with Gasteiger partial charge in [-0.15, -0.1) is 24.0 Å². The molecule has 1 fully saturated rings. The lowest BCUT2D eigenvalue weighted by atomic mass is 10.2. The molecule has 1 aromatic carbocycles. The van der Waals surface area contributed by atoms with Crippen molar-refractivity contribution in [1.82, 2.24) is 20.4 Å². The number of hydrogen-bond donors (Lipinski definition) is 2. The molecule has 1 aliphatic heterocycles. The average molecular weight is 547 g/mol. The van der Waals surface area contributed by atoms with E-state index < -0.39 is 0 Å². The molecule has 0 atom stereocenters. The van der Waals surface area contributed by atoms with Gasteiger partial charge >= 0.3 is 0 Å². The molecule has 1 saturated heterocycles. The third-order valence-corrected chi connectivity index (χ3v) is 5.58. The third-order valence-electron chi connectivity index (χ3n) is 5.58. The first-order chi connectivity index (χ1) is 14.6. The summed E-state index contributed by atoms with van der Waals surface area (Å²) in [5, 5.41) is 6.84. The Morgan fingerprint density at radius 3 is 2.52 bits per heavy atom. The Hall–Kier alpha value is -1.10. The fourth-order valence-electron chi connectivity index (χ4n) is 3.74. The lowest BCUT2D eigenvalue weighted by Crippen LogP contribution is -2.47. The standard InChI is InChI=1S/C23H42N6O.HI/c1-21-8-5-9-22(20-21)29-17-15-28(16-18-29)13-6-10-25-23(24-2)26-11-14-27(3)12-7-19-30-4;/h5,8-9,20H,6-7,10-19H2,1-4H3,(H2,24,25,26);1H. The summed E-state index contributed by atoms with van der Waals surface area (Å²) >= 11 is 0. The van der Waals surface area contributed by atoms with Gasteiger partial charge in [-0.05, 0) is 51.1 Å². The van der Waals surface area contributed by atoms with E-state index in [2.05, 4.69) is 68.6 Å². The van der Waals surface area contributed by atoms with Crippen molar-refractivity contribution in [2.24, 2.45) is 4.99 Å². The Morgan fingerprint density at radius 1 is 1.10 bits per heavy atom. The van der Waals surface area contributed by atoms with Crippen molar-refractivity contribution < 1.29 is 4.74 Å². The topological polar surface area (TPSA) is 55.4 Å². The number of aryl methyl sites for hydroxylation is 1. The first kappa shape index (κ1) is 27.9. The number of halogens is 1. The van der Waals surface area contributed by atoms with Gasteiger partial charge in [0.25, 0.3) is 0 Å². The third kappa shape index (κ3) is 11.4. The normalized spacial score (nSPS) is 15.1. The van der Waals surface area contributed by atoms with Crippen LogP contribution in [0.25, 0.3) is 0 Å². The van der Waals surface area contributed by atoms with Crippen LogP contribution < -0.4 is 15.5 Å². The number of rotatable bonds is 12.